The Labute approximate surface area is 218 Å². The lowest BCUT2D eigenvalue weighted by molar-refractivity contribution is -0.138. The van der Waals surface area contributed by atoms with E-state index in [0.717, 1.165) is 24.3 Å². The van der Waals surface area contributed by atoms with Gasteiger partial charge in [-0.1, -0.05) is 12.1 Å². The van der Waals surface area contributed by atoms with E-state index in [1.54, 1.807) is 24.3 Å². The molecule has 1 atom stereocenters. The summed E-state index contributed by atoms with van der Waals surface area (Å²) in [6.07, 6.45) is -7.50. The lowest BCUT2D eigenvalue weighted by atomic mass is 10.1. The third kappa shape index (κ3) is 6.47. The van der Waals surface area contributed by atoms with Crippen LogP contribution in [-0.4, -0.2) is 31.6 Å². The predicted octanol–water partition coefficient (Wildman–Crippen LogP) is 5.99. The molecule has 0 spiro atoms. The van der Waals surface area contributed by atoms with Crippen LogP contribution in [0, 0.1) is 0 Å². The molecule has 3 aromatic carbocycles. The van der Waals surface area contributed by atoms with Gasteiger partial charge in [0.1, 0.15) is 6.33 Å². The second-order valence-electron chi connectivity index (χ2n) is 8.09. The lowest BCUT2D eigenvalue weighted by Crippen LogP contribution is -2.34. The highest BCUT2D eigenvalue weighted by molar-refractivity contribution is 7.80. The van der Waals surface area contributed by atoms with Crippen LogP contribution in [0.15, 0.2) is 79.1 Å². The minimum Gasteiger partial charge on any atom is -0.394 e. The number of halogens is 6. The fourth-order valence-electron chi connectivity index (χ4n) is 3.49. The highest BCUT2D eigenvalue weighted by atomic mass is 32.1. The quantitative estimate of drug-likeness (QED) is 0.202. The van der Waals surface area contributed by atoms with Crippen molar-refractivity contribution in [3.63, 3.8) is 0 Å². The van der Waals surface area contributed by atoms with Crippen LogP contribution in [0.5, 0.6) is 0 Å². The number of hydrogen-bond donors (Lipinski definition) is 3. The Morgan fingerprint density at radius 3 is 1.92 bits per heavy atom. The summed E-state index contributed by atoms with van der Waals surface area (Å²) in [7, 11) is 0. The smallest absolute Gasteiger partial charge is 0.394 e. The number of aliphatic hydroxyl groups is 1. The van der Waals surface area contributed by atoms with Gasteiger partial charge in [0.25, 0.3) is 0 Å². The van der Waals surface area contributed by atoms with Crippen molar-refractivity contribution in [3.8, 4) is 17.1 Å². The molecule has 0 fully saturated rings. The first kappa shape index (κ1) is 27.1. The zero-order valence-electron chi connectivity index (χ0n) is 19.3. The van der Waals surface area contributed by atoms with Crippen molar-refractivity contribution in [2.75, 3.05) is 11.9 Å². The first-order valence-electron chi connectivity index (χ1n) is 11.0. The highest BCUT2D eigenvalue weighted by Crippen LogP contribution is 2.31. The second kappa shape index (κ2) is 10.8. The maximum atomic E-state index is 12.8. The summed E-state index contributed by atoms with van der Waals surface area (Å²) in [6, 6.07) is 15.0. The summed E-state index contributed by atoms with van der Waals surface area (Å²) in [5, 5.41) is 19.9. The van der Waals surface area contributed by atoms with Crippen molar-refractivity contribution >= 4 is 23.0 Å². The second-order valence-corrected chi connectivity index (χ2v) is 8.50. The lowest BCUT2D eigenvalue weighted by Gasteiger charge is -2.20. The molecule has 0 aliphatic heterocycles. The molecule has 0 aliphatic carbocycles. The fourth-order valence-corrected chi connectivity index (χ4v) is 3.75. The minimum atomic E-state index is -4.46. The maximum Gasteiger partial charge on any atom is 0.416 e. The molecule has 0 bridgehead atoms. The molecule has 0 saturated heterocycles. The van der Waals surface area contributed by atoms with Gasteiger partial charge in [0.05, 0.1) is 29.5 Å². The molecular weight excluding hydrogens is 532 g/mol. The number of hydrogen-bond acceptors (Lipinski definition) is 4. The van der Waals surface area contributed by atoms with Crippen LogP contribution in [0.3, 0.4) is 0 Å². The molecule has 13 heteroatoms. The predicted molar refractivity (Wildman–Crippen MR) is 132 cm³/mol. The molecule has 0 aliphatic rings. The number of thiocarbonyl (C=S) groups is 1. The van der Waals surface area contributed by atoms with E-state index < -0.39 is 36.1 Å². The zero-order chi connectivity index (χ0) is 27.5. The maximum absolute atomic E-state index is 12.8. The van der Waals surface area contributed by atoms with E-state index in [4.69, 9.17) is 12.2 Å². The molecule has 3 N–H and O–H groups in total. The van der Waals surface area contributed by atoms with Crippen LogP contribution >= 0.6 is 12.2 Å². The van der Waals surface area contributed by atoms with E-state index in [0.29, 0.717) is 28.3 Å². The number of rotatable bonds is 6. The number of nitrogens with one attached hydrogen (secondary N) is 2. The molecule has 1 heterocycles. The molecule has 0 saturated carbocycles. The number of anilines is 1. The third-order valence-corrected chi connectivity index (χ3v) is 5.70. The Bertz CT molecular complexity index is 1380. The van der Waals surface area contributed by atoms with Gasteiger partial charge in [0, 0.05) is 11.3 Å². The van der Waals surface area contributed by atoms with Crippen molar-refractivity contribution in [2.24, 2.45) is 0 Å². The van der Waals surface area contributed by atoms with Gasteiger partial charge in [-0.3, -0.25) is 0 Å². The average molecular weight is 552 g/mol. The van der Waals surface area contributed by atoms with Crippen molar-refractivity contribution in [1.29, 1.82) is 0 Å². The first-order valence-corrected chi connectivity index (χ1v) is 11.4. The Morgan fingerprint density at radius 1 is 0.842 bits per heavy atom. The molecular formula is C25H19F6N5OS. The van der Waals surface area contributed by atoms with Gasteiger partial charge < -0.3 is 15.7 Å². The van der Waals surface area contributed by atoms with E-state index in [1.807, 2.05) is 0 Å². The van der Waals surface area contributed by atoms with Crippen LogP contribution in [0.1, 0.15) is 22.7 Å². The summed E-state index contributed by atoms with van der Waals surface area (Å²) < 4.78 is 78.0. The van der Waals surface area contributed by atoms with Crippen LogP contribution < -0.4 is 10.6 Å². The summed E-state index contributed by atoms with van der Waals surface area (Å²) in [4.78, 5) is 4.20. The van der Waals surface area contributed by atoms with Crippen LogP contribution in [-0.2, 0) is 12.4 Å². The van der Waals surface area contributed by atoms with Crippen molar-refractivity contribution in [2.45, 2.75) is 18.4 Å². The topological polar surface area (TPSA) is 75.0 Å². The molecule has 0 radical (unpaired) electrons. The molecule has 198 valence electrons. The molecule has 4 aromatic rings. The SMILES string of the molecule is OCC(NC(=S)Nc1ccc(-c2ncn(-c3ccc(C(F)(F)F)cc3)n2)cc1)c1ccc(C(F)(F)F)cc1. The monoisotopic (exact) mass is 551 g/mol. The average Bonchev–Trinajstić information content (AvgIpc) is 3.37. The summed E-state index contributed by atoms with van der Waals surface area (Å²) >= 11 is 5.27. The fraction of sp³-hybridized carbons (Fsp3) is 0.160. The molecule has 38 heavy (non-hydrogen) atoms. The Kier molecular flexibility index (Phi) is 7.69. The molecule has 6 nitrogen and oxygen atoms in total. The van der Waals surface area contributed by atoms with E-state index >= 15 is 0 Å². The van der Waals surface area contributed by atoms with Crippen LogP contribution in [0.25, 0.3) is 17.1 Å². The third-order valence-electron chi connectivity index (χ3n) is 5.48. The van der Waals surface area contributed by atoms with Gasteiger partial charge in [0.15, 0.2) is 10.9 Å². The van der Waals surface area contributed by atoms with Gasteiger partial charge in [-0.05, 0) is 78.4 Å². The Morgan fingerprint density at radius 2 is 1.39 bits per heavy atom. The Balaban J connectivity index is 1.38. The Hall–Kier alpha value is -3.97. The molecule has 0 amide bonds. The van der Waals surface area contributed by atoms with Crippen molar-refractivity contribution < 1.29 is 31.4 Å². The van der Waals surface area contributed by atoms with Gasteiger partial charge >= 0.3 is 12.4 Å². The number of nitrogens with zero attached hydrogens (tertiary/aromatic N) is 3. The number of benzene rings is 3. The van der Waals surface area contributed by atoms with Gasteiger partial charge in [-0.25, -0.2) is 9.67 Å². The van der Waals surface area contributed by atoms with Crippen LogP contribution in [0.2, 0.25) is 0 Å². The summed E-state index contributed by atoms with van der Waals surface area (Å²) in [6.45, 7) is -0.403. The van der Waals surface area contributed by atoms with Gasteiger partial charge in [0.2, 0.25) is 0 Å². The van der Waals surface area contributed by atoms with E-state index in [-0.39, 0.29) is 5.11 Å². The number of aromatic nitrogens is 3. The molecule has 1 unspecified atom stereocenters. The van der Waals surface area contributed by atoms with E-state index in [9.17, 15) is 31.4 Å². The molecule has 1 aromatic heterocycles. The molecule has 4 rings (SSSR count). The van der Waals surface area contributed by atoms with E-state index in [2.05, 4.69) is 20.7 Å². The summed E-state index contributed by atoms with van der Waals surface area (Å²) in [5.41, 5.74) is 0.502. The van der Waals surface area contributed by atoms with Gasteiger partial charge in [-0.2, -0.15) is 26.3 Å². The largest absolute Gasteiger partial charge is 0.416 e. The minimum absolute atomic E-state index is 0.140. The number of alkyl halides is 6. The van der Waals surface area contributed by atoms with Crippen LogP contribution in [0.4, 0.5) is 32.0 Å². The van der Waals surface area contributed by atoms with Crippen molar-refractivity contribution in [1.82, 2.24) is 20.1 Å². The highest BCUT2D eigenvalue weighted by Gasteiger charge is 2.31. The first-order chi connectivity index (χ1) is 17.9. The van der Waals surface area contributed by atoms with Crippen molar-refractivity contribution in [3.05, 3.63) is 95.8 Å². The summed E-state index contributed by atoms with van der Waals surface area (Å²) in [5.74, 6) is 0.347. The van der Waals surface area contributed by atoms with E-state index in [1.165, 1.54) is 35.3 Å². The zero-order valence-corrected chi connectivity index (χ0v) is 20.1. The van der Waals surface area contributed by atoms with Gasteiger partial charge in [-0.15, -0.1) is 5.10 Å². The number of aliphatic hydroxyl groups excluding tert-OH is 1. The normalized spacial score (nSPS) is 12.7. The standard InChI is InChI=1S/C25H19F6N5OS/c26-24(27,28)17-5-1-15(2-6-17)21(13-37)34-23(38)33-19-9-3-16(4-10-19)22-32-14-36(35-22)20-11-7-18(8-12-20)25(29,30)31/h1-12,14,21,37H,13H2,(H2,33,34,38).